The van der Waals surface area contributed by atoms with Gasteiger partial charge in [0, 0.05) is 16.2 Å². The standard InChI is InChI=1S/C28H32IN3O4S/c1-20(2)30-28(34)22(4)31(18-23-12-10-21(3)11-13-23)27(33)19-32(25-16-14-24(29)15-17-25)37(35,36)26-8-6-5-7-9-26/h5-17,20,22H,18-19H2,1-4H3,(H,30,34)/t22-/m0/s1. The predicted octanol–water partition coefficient (Wildman–Crippen LogP) is 4.74. The van der Waals surface area contributed by atoms with Crippen LogP contribution in [-0.4, -0.2) is 43.8 Å². The molecule has 1 N–H and O–H groups in total. The summed E-state index contributed by atoms with van der Waals surface area (Å²) in [6.07, 6.45) is 0. The van der Waals surface area contributed by atoms with Gasteiger partial charge in [0.25, 0.3) is 10.0 Å². The molecule has 37 heavy (non-hydrogen) atoms. The van der Waals surface area contributed by atoms with Crippen molar-refractivity contribution in [1.29, 1.82) is 0 Å². The molecule has 3 rings (SSSR count). The number of hydrogen-bond acceptors (Lipinski definition) is 4. The summed E-state index contributed by atoms with van der Waals surface area (Å²) in [5.74, 6) is -0.785. The first kappa shape index (κ1) is 28.6. The number of carbonyl (C=O) groups is 2. The highest BCUT2D eigenvalue weighted by Crippen LogP contribution is 2.25. The molecule has 0 heterocycles. The molecule has 0 unspecified atom stereocenters. The molecule has 3 aromatic rings. The summed E-state index contributed by atoms with van der Waals surface area (Å²) >= 11 is 2.14. The highest BCUT2D eigenvalue weighted by Gasteiger charge is 2.32. The van der Waals surface area contributed by atoms with E-state index in [9.17, 15) is 18.0 Å². The Morgan fingerprint density at radius 2 is 1.49 bits per heavy atom. The van der Waals surface area contributed by atoms with Gasteiger partial charge in [-0.2, -0.15) is 0 Å². The van der Waals surface area contributed by atoms with Crippen molar-refractivity contribution >= 4 is 50.1 Å². The highest BCUT2D eigenvalue weighted by molar-refractivity contribution is 14.1. The molecule has 0 spiro atoms. The number of hydrogen-bond donors (Lipinski definition) is 1. The number of anilines is 1. The first-order chi connectivity index (χ1) is 17.5. The molecule has 0 bridgehead atoms. The molecule has 0 aliphatic carbocycles. The lowest BCUT2D eigenvalue weighted by molar-refractivity contribution is -0.139. The van der Waals surface area contributed by atoms with E-state index >= 15 is 0 Å². The molecule has 0 saturated heterocycles. The van der Waals surface area contributed by atoms with Crippen molar-refractivity contribution in [3.8, 4) is 0 Å². The Labute approximate surface area is 233 Å². The molecule has 0 radical (unpaired) electrons. The minimum absolute atomic E-state index is 0.0806. The van der Waals surface area contributed by atoms with Gasteiger partial charge in [0.2, 0.25) is 11.8 Å². The van der Waals surface area contributed by atoms with Crippen molar-refractivity contribution in [2.75, 3.05) is 10.8 Å². The average molecular weight is 634 g/mol. The average Bonchev–Trinajstić information content (AvgIpc) is 2.87. The number of amides is 2. The van der Waals surface area contributed by atoms with Gasteiger partial charge in [-0.25, -0.2) is 8.42 Å². The number of benzene rings is 3. The van der Waals surface area contributed by atoms with Gasteiger partial charge in [-0.05, 0) is 92.2 Å². The van der Waals surface area contributed by atoms with Crippen molar-refractivity contribution in [2.45, 2.75) is 51.2 Å². The Morgan fingerprint density at radius 1 is 0.892 bits per heavy atom. The molecule has 3 aromatic carbocycles. The van der Waals surface area contributed by atoms with Gasteiger partial charge in [0.1, 0.15) is 12.6 Å². The molecule has 0 aliphatic heterocycles. The SMILES string of the molecule is Cc1ccc(CN(C(=O)CN(c2ccc(I)cc2)S(=O)(=O)c2ccccc2)[C@@H](C)C(=O)NC(C)C)cc1. The van der Waals surface area contributed by atoms with Gasteiger partial charge in [-0.3, -0.25) is 13.9 Å². The maximum atomic E-state index is 13.8. The van der Waals surface area contributed by atoms with Crippen molar-refractivity contribution in [3.05, 3.63) is 93.6 Å². The van der Waals surface area contributed by atoms with E-state index in [2.05, 4.69) is 27.9 Å². The van der Waals surface area contributed by atoms with E-state index in [1.165, 1.54) is 17.0 Å². The van der Waals surface area contributed by atoms with Crippen LogP contribution in [0.2, 0.25) is 0 Å². The minimum Gasteiger partial charge on any atom is -0.352 e. The second-order valence-electron chi connectivity index (χ2n) is 9.15. The van der Waals surface area contributed by atoms with Gasteiger partial charge in [-0.1, -0.05) is 48.0 Å². The summed E-state index contributed by atoms with van der Waals surface area (Å²) in [5, 5.41) is 2.85. The molecule has 0 aliphatic rings. The molecule has 9 heteroatoms. The van der Waals surface area contributed by atoms with Crippen LogP contribution in [0, 0.1) is 10.5 Å². The van der Waals surface area contributed by atoms with Crippen LogP contribution in [0.4, 0.5) is 5.69 Å². The second-order valence-corrected chi connectivity index (χ2v) is 12.3. The topological polar surface area (TPSA) is 86.8 Å². The number of halogens is 1. The van der Waals surface area contributed by atoms with Crippen molar-refractivity contribution in [2.24, 2.45) is 0 Å². The van der Waals surface area contributed by atoms with E-state index in [0.29, 0.717) is 5.69 Å². The van der Waals surface area contributed by atoms with Crippen LogP contribution in [0.1, 0.15) is 31.9 Å². The monoisotopic (exact) mass is 633 g/mol. The van der Waals surface area contributed by atoms with E-state index < -0.39 is 28.5 Å². The van der Waals surface area contributed by atoms with Gasteiger partial charge in [-0.15, -0.1) is 0 Å². The van der Waals surface area contributed by atoms with Crippen LogP contribution in [-0.2, 0) is 26.2 Å². The summed E-state index contributed by atoms with van der Waals surface area (Å²) in [7, 11) is -4.06. The third-order valence-electron chi connectivity index (χ3n) is 5.80. The molecule has 196 valence electrons. The molecule has 0 aromatic heterocycles. The first-order valence-corrected chi connectivity index (χ1v) is 14.5. The third kappa shape index (κ3) is 7.54. The van der Waals surface area contributed by atoms with Crippen molar-refractivity contribution in [3.63, 3.8) is 0 Å². The van der Waals surface area contributed by atoms with Crippen LogP contribution in [0.15, 0.2) is 83.8 Å². The summed E-state index contributed by atoms with van der Waals surface area (Å²) in [6.45, 7) is 7.04. The minimum atomic E-state index is -4.06. The number of carbonyl (C=O) groups excluding carboxylic acids is 2. The fourth-order valence-corrected chi connectivity index (χ4v) is 5.53. The summed E-state index contributed by atoms with van der Waals surface area (Å²) < 4.78 is 29.4. The molecular weight excluding hydrogens is 601 g/mol. The summed E-state index contributed by atoms with van der Waals surface area (Å²) in [6, 6.07) is 21.7. The largest absolute Gasteiger partial charge is 0.352 e. The normalized spacial score (nSPS) is 12.2. The number of aryl methyl sites for hydroxylation is 1. The Hall–Kier alpha value is -2.92. The fourth-order valence-electron chi connectivity index (χ4n) is 3.73. The Morgan fingerprint density at radius 3 is 2.05 bits per heavy atom. The molecule has 0 saturated carbocycles. The first-order valence-electron chi connectivity index (χ1n) is 12.0. The highest BCUT2D eigenvalue weighted by atomic mass is 127. The predicted molar refractivity (Wildman–Crippen MR) is 155 cm³/mol. The van der Waals surface area contributed by atoms with Gasteiger partial charge in [0.05, 0.1) is 10.6 Å². The zero-order valence-electron chi connectivity index (χ0n) is 21.4. The molecule has 7 nitrogen and oxygen atoms in total. The molecule has 0 fully saturated rings. The molecule has 1 atom stereocenters. The zero-order chi connectivity index (χ0) is 27.2. The Bertz CT molecular complexity index is 1310. The summed E-state index contributed by atoms with van der Waals surface area (Å²) in [4.78, 5) is 28.2. The lowest BCUT2D eigenvalue weighted by atomic mass is 10.1. The Kier molecular flexibility index (Phi) is 9.72. The van der Waals surface area contributed by atoms with Crippen LogP contribution in [0.3, 0.4) is 0 Å². The van der Waals surface area contributed by atoms with Crippen LogP contribution >= 0.6 is 22.6 Å². The fraction of sp³-hybridized carbons (Fsp3) is 0.286. The number of sulfonamides is 1. The van der Waals surface area contributed by atoms with Gasteiger partial charge in [0.15, 0.2) is 0 Å². The van der Waals surface area contributed by atoms with Crippen LogP contribution in [0.5, 0.6) is 0 Å². The lowest BCUT2D eigenvalue weighted by Crippen LogP contribution is -2.52. The lowest BCUT2D eigenvalue weighted by Gasteiger charge is -2.32. The molecule has 2 amide bonds. The van der Waals surface area contributed by atoms with Crippen molar-refractivity contribution in [1.82, 2.24) is 10.2 Å². The third-order valence-corrected chi connectivity index (χ3v) is 8.30. The maximum absolute atomic E-state index is 13.8. The number of nitrogens with zero attached hydrogens (tertiary/aromatic N) is 2. The van der Waals surface area contributed by atoms with E-state index in [1.807, 2.05) is 45.0 Å². The number of nitrogens with one attached hydrogen (secondary N) is 1. The van der Waals surface area contributed by atoms with Crippen LogP contribution < -0.4 is 9.62 Å². The van der Waals surface area contributed by atoms with Gasteiger partial charge < -0.3 is 10.2 Å². The zero-order valence-corrected chi connectivity index (χ0v) is 24.4. The number of rotatable bonds is 10. The smallest absolute Gasteiger partial charge is 0.264 e. The van der Waals surface area contributed by atoms with E-state index in [0.717, 1.165) is 19.0 Å². The maximum Gasteiger partial charge on any atom is 0.264 e. The van der Waals surface area contributed by atoms with E-state index in [1.54, 1.807) is 49.4 Å². The quantitative estimate of drug-likeness (QED) is 0.327. The van der Waals surface area contributed by atoms with Crippen molar-refractivity contribution < 1.29 is 18.0 Å². The van der Waals surface area contributed by atoms with Crippen LogP contribution in [0.25, 0.3) is 0 Å². The Balaban J connectivity index is 2.00. The summed E-state index contributed by atoms with van der Waals surface area (Å²) in [5.41, 5.74) is 2.29. The van der Waals surface area contributed by atoms with E-state index in [4.69, 9.17) is 0 Å². The van der Waals surface area contributed by atoms with Gasteiger partial charge >= 0.3 is 0 Å². The van der Waals surface area contributed by atoms with E-state index in [-0.39, 0.29) is 23.4 Å². The molecular formula is C28H32IN3O4S. The second kappa shape index (κ2) is 12.6.